The number of benzene rings is 1. The maximum atomic E-state index is 9.58. The van der Waals surface area contributed by atoms with Crippen molar-refractivity contribution >= 4 is 12.2 Å². The van der Waals surface area contributed by atoms with Gasteiger partial charge in [-0.05, 0) is 24.6 Å². The van der Waals surface area contributed by atoms with Crippen LogP contribution in [-0.4, -0.2) is 10.3 Å². The third kappa shape index (κ3) is 2.97. The summed E-state index contributed by atoms with van der Waals surface area (Å²) in [5, 5.41) is 13.5. The van der Waals surface area contributed by atoms with Crippen LogP contribution in [0.1, 0.15) is 30.4 Å². The molecule has 17 heavy (non-hydrogen) atoms. The molecule has 1 heterocycles. The van der Waals surface area contributed by atoms with Crippen molar-refractivity contribution in [1.29, 1.82) is 0 Å². The lowest BCUT2D eigenvalue weighted by molar-refractivity contribution is 0.405. The number of aryl methyl sites for hydroxylation is 1. The molecule has 1 N–H and O–H groups in total. The normalized spacial score (nSPS) is 11.1. The van der Waals surface area contributed by atoms with Gasteiger partial charge in [0.15, 0.2) is 5.76 Å². The van der Waals surface area contributed by atoms with Crippen molar-refractivity contribution < 1.29 is 9.63 Å². The molecule has 3 heteroatoms. The van der Waals surface area contributed by atoms with Gasteiger partial charge in [-0.3, -0.25) is 0 Å². The van der Waals surface area contributed by atoms with E-state index >= 15 is 0 Å². The minimum atomic E-state index is 0.261. The van der Waals surface area contributed by atoms with Crippen LogP contribution in [0.5, 0.6) is 5.75 Å². The lowest BCUT2D eigenvalue weighted by atomic mass is 10.1. The first kappa shape index (κ1) is 11.5. The Hall–Kier alpha value is -2.03. The summed E-state index contributed by atoms with van der Waals surface area (Å²) in [5.74, 6) is 0.966. The highest BCUT2D eigenvalue weighted by molar-refractivity contribution is 5.70. The summed E-state index contributed by atoms with van der Waals surface area (Å²) < 4.78 is 5.16. The first-order chi connectivity index (χ1) is 8.29. The summed E-state index contributed by atoms with van der Waals surface area (Å²) in [6, 6.07) is 9.08. The Kier molecular flexibility index (Phi) is 3.60. The minimum absolute atomic E-state index is 0.261. The molecule has 0 atom stereocenters. The zero-order valence-corrected chi connectivity index (χ0v) is 9.76. The Morgan fingerprint density at radius 2 is 2.12 bits per heavy atom. The zero-order valence-electron chi connectivity index (χ0n) is 9.76. The largest absolute Gasteiger partial charge is 0.507 e. The number of hydrogen-bond acceptors (Lipinski definition) is 3. The van der Waals surface area contributed by atoms with E-state index in [1.165, 1.54) is 0 Å². The van der Waals surface area contributed by atoms with Gasteiger partial charge in [-0.1, -0.05) is 36.7 Å². The second-order valence-electron chi connectivity index (χ2n) is 3.86. The van der Waals surface area contributed by atoms with E-state index in [1.807, 2.05) is 24.3 Å². The molecule has 0 aliphatic heterocycles. The molecule has 0 radical (unpaired) electrons. The molecule has 2 rings (SSSR count). The van der Waals surface area contributed by atoms with E-state index in [2.05, 4.69) is 12.1 Å². The van der Waals surface area contributed by atoms with Gasteiger partial charge in [-0.15, -0.1) is 0 Å². The Morgan fingerprint density at radius 1 is 1.29 bits per heavy atom. The Morgan fingerprint density at radius 3 is 2.88 bits per heavy atom. The quantitative estimate of drug-likeness (QED) is 0.872. The van der Waals surface area contributed by atoms with Crippen LogP contribution in [0, 0.1) is 0 Å². The predicted octanol–water partition coefficient (Wildman–Crippen LogP) is 3.50. The standard InChI is InChI=1S/C14H15NO2/c1-2-5-12-10-13(17-15-12)9-8-11-6-3-4-7-14(11)16/h3-4,6-10,16H,2,5H2,1H3/b9-8+. The summed E-state index contributed by atoms with van der Waals surface area (Å²) in [6.45, 7) is 2.10. The van der Waals surface area contributed by atoms with Crippen molar-refractivity contribution in [3.05, 3.63) is 47.3 Å². The fourth-order valence-corrected chi connectivity index (χ4v) is 1.58. The van der Waals surface area contributed by atoms with Gasteiger partial charge in [0.1, 0.15) is 5.75 Å². The van der Waals surface area contributed by atoms with Crippen LogP contribution in [0.2, 0.25) is 0 Å². The maximum Gasteiger partial charge on any atom is 0.159 e. The molecule has 3 nitrogen and oxygen atoms in total. The monoisotopic (exact) mass is 229 g/mol. The lowest BCUT2D eigenvalue weighted by Gasteiger charge is -1.95. The number of aromatic hydroxyl groups is 1. The lowest BCUT2D eigenvalue weighted by Crippen LogP contribution is -1.79. The molecule has 0 bridgehead atoms. The van der Waals surface area contributed by atoms with Crippen LogP contribution >= 0.6 is 0 Å². The molecule has 0 amide bonds. The van der Waals surface area contributed by atoms with Crippen molar-refractivity contribution in [1.82, 2.24) is 5.16 Å². The third-order valence-electron chi connectivity index (χ3n) is 2.45. The van der Waals surface area contributed by atoms with Crippen LogP contribution in [0.4, 0.5) is 0 Å². The smallest absolute Gasteiger partial charge is 0.159 e. The number of rotatable bonds is 4. The van der Waals surface area contributed by atoms with Crippen LogP contribution in [0.15, 0.2) is 34.9 Å². The number of aromatic nitrogens is 1. The van der Waals surface area contributed by atoms with E-state index < -0.39 is 0 Å². The molecular weight excluding hydrogens is 214 g/mol. The molecule has 0 aliphatic rings. The minimum Gasteiger partial charge on any atom is -0.507 e. The molecule has 88 valence electrons. The highest BCUT2D eigenvalue weighted by Crippen LogP contribution is 2.18. The zero-order chi connectivity index (χ0) is 12.1. The van der Waals surface area contributed by atoms with Crippen LogP contribution in [-0.2, 0) is 6.42 Å². The summed E-state index contributed by atoms with van der Waals surface area (Å²) in [6.07, 6.45) is 5.59. The molecule has 1 aromatic carbocycles. The summed E-state index contributed by atoms with van der Waals surface area (Å²) in [5.41, 5.74) is 1.73. The van der Waals surface area contributed by atoms with E-state index in [4.69, 9.17) is 4.52 Å². The Bertz CT molecular complexity index is 514. The van der Waals surface area contributed by atoms with Gasteiger partial charge in [0, 0.05) is 11.6 Å². The average molecular weight is 229 g/mol. The summed E-state index contributed by atoms with van der Waals surface area (Å²) >= 11 is 0. The Balaban J connectivity index is 2.12. The highest BCUT2D eigenvalue weighted by atomic mass is 16.5. The van der Waals surface area contributed by atoms with Crippen molar-refractivity contribution in [2.45, 2.75) is 19.8 Å². The molecule has 0 saturated heterocycles. The molecule has 0 spiro atoms. The summed E-state index contributed by atoms with van der Waals surface area (Å²) in [4.78, 5) is 0. The molecule has 1 aromatic heterocycles. The fraction of sp³-hybridized carbons (Fsp3) is 0.214. The molecule has 0 aliphatic carbocycles. The predicted molar refractivity (Wildman–Crippen MR) is 67.5 cm³/mol. The van der Waals surface area contributed by atoms with E-state index in [1.54, 1.807) is 18.2 Å². The van der Waals surface area contributed by atoms with Gasteiger partial charge in [0.2, 0.25) is 0 Å². The average Bonchev–Trinajstić information content (AvgIpc) is 2.76. The van der Waals surface area contributed by atoms with Crippen molar-refractivity contribution in [3.63, 3.8) is 0 Å². The van der Waals surface area contributed by atoms with Crippen LogP contribution in [0.25, 0.3) is 12.2 Å². The van der Waals surface area contributed by atoms with Crippen LogP contribution in [0.3, 0.4) is 0 Å². The molecule has 0 saturated carbocycles. The summed E-state index contributed by atoms with van der Waals surface area (Å²) in [7, 11) is 0. The van der Waals surface area contributed by atoms with Gasteiger partial charge in [0.05, 0.1) is 5.69 Å². The molecule has 0 fully saturated rings. The molecular formula is C14H15NO2. The molecule has 2 aromatic rings. The number of para-hydroxylation sites is 1. The highest BCUT2D eigenvalue weighted by Gasteiger charge is 2.00. The van der Waals surface area contributed by atoms with Gasteiger partial charge in [0.25, 0.3) is 0 Å². The number of nitrogens with zero attached hydrogens (tertiary/aromatic N) is 1. The molecule has 0 unspecified atom stereocenters. The van der Waals surface area contributed by atoms with E-state index in [0.717, 1.165) is 24.1 Å². The van der Waals surface area contributed by atoms with Gasteiger partial charge >= 0.3 is 0 Å². The third-order valence-corrected chi connectivity index (χ3v) is 2.45. The first-order valence-electron chi connectivity index (χ1n) is 5.71. The van der Waals surface area contributed by atoms with Crippen molar-refractivity contribution in [3.8, 4) is 5.75 Å². The van der Waals surface area contributed by atoms with Gasteiger partial charge < -0.3 is 9.63 Å². The van der Waals surface area contributed by atoms with Crippen molar-refractivity contribution in [2.75, 3.05) is 0 Å². The second kappa shape index (κ2) is 5.34. The fourth-order valence-electron chi connectivity index (χ4n) is 1.58. The number of phenolic OH excluding ortho intramolecular Hbond substituents is 1. The van der Waals surface area contributed by atoms with E-state index in [9.17, 15) is 5.11 Å². The van der Waals surface area contributed by atoms with Gasteiger partial charge in [-0.25, -0.2) is 0 Å². The number of phenols is 1. The maximum absolute atomic E-state index is 9.58. The SMILES string of the molecule is CCCc1cc(/C=C/c2ccccc2O)on1. The van der Waals surface area contributed by atoms with Crippen molar-refractivity contribution in [2.24, 2.45) is 0 Å². The van der Waals surface area contributed by atoms with Crippen LogP contribution < -0.4 is 0 Å². The van der Waals surface area contributed by atoms with E-state index in [-0.39, 0.29) is 5.75 Å². The van der Waals surface area contributed by atoms with E-state index in [0.29, 0.717) is 5.76 Å². The first-order valence-corrected chi connectivity index (χ1v) is 5.71. The topological polar surface area (TPSA) is 46.3 Å². The Labute approximate surface area is 100 Å². The van der Waals surface area contributed by atoms with Gasteiger partial charge in [-0.2, -0.15) is 0 Å². The second-order valence-corrected chi connectivity index (χ2v) is 3.86. The number of hydrogen-bond donors (Lipinski definition) is 1.